The second-order valence-electron chi connectivity index (χ2n) is 8.86. The zero-order valence-electron chi connectivity index (χ0n) is 18.4. The topological polar surface area (TPSA) is 118 Å². The molecule has 7 nitrogen and oxygen atoms in total. The maximum Gasteiger partial charge on any atom is 0.417 e. The average Bonchev–Trinajstić information content (AvgIpc) is 2.75. The summed E-state index contributed by atoms with van der Waals surface area (Å²) in [6.07, 6.45) is -1.23. The summed E-state index contributed by atoms with van der Waals surface area (Å²) in [5.74, 6) is 0.626. The maximum atomic E-state index is 13.1. The molecule has 0 radical (unpaired) electrons. The van der Waals surface area contributed by atoms with Crippen LogP contribution in [-0.4, -0.2) is 33.8 Å². The third-order valence-electron chi connectivity index (χ3n) is 5.92. The van der Waals surface area contributed by atoms with Gasteiger partial charge in [0.25, 0.3) is 0 Å². The van der Waals surface area contributed by atoms with E-state index in [0.717, 1.165) is 12.5 Å². The van der Waals surface area contributed by atoms with Gasteiger partial charge in [-0.05, 0) is 48.8 Å². The molecule has 0 unspecified atom stereocenters. The monoisotopic (exact) mass is 458 g/mol. The summed E-state index contributed by atoms with van der Waals surface area (Å²) in [5.41, 5.74) is -0.921. The molecule has 0 spiro atoms. The Kier molecular flexibility index (Phi) is 7.09. The van der Waals surface area contributed by atoms with Gasteiger partial charge in [0.05, 0.1) is 29.5 Å². The van der Waals surface area contributed by atoms with Gasteiger partial charge in [0.1, 0.15) is 17.5 Å². The van der Waals surface area contributed by atoms with E-state index in [9.17, 15) is 23.5 Å². The van der Waals surface area contributed by atoms with Gasteiger partial charge >= 0.3 is 6.18 Å². The van der Waals surface area contributed by atoms with E-state index in [1.54, 1.807) is 6.07 Å². The minimum absolute atomic E-state index is 0.0395. The van der Waals surface area contributed by atoms with Gasteiger partial charge in [0, 0.05) is 12.6 Å². The SMILES string of the molecule is CC1(C)C[C@H](Nc2nc(NCCc3ccc(C#N)c(C(F)(F)F)c3)ncc2C#N)CC[C@@H]1O. The van der Waals surface area contributed by atoms with E-state index < -0.39 is 17.3 Å². The highest BCUT2D eigenvalue weighted by molar-refractivity contribution is 5.54. The fourth-order valence-electron chi connectivity index (χ4n) is 4.00. The summed E-state index contributed by atoms with van der Waals surface area (Å²) in [7, 11) is 0. The van der Waals surface area contributed by atoms with Crippen LogP contribution in [-0.2, 0) is 12.6 Å². The number of halogens is 3. The number of nitrogens with zero attached hydrogens (tertiary/aromatic N) is 4. The molecule has 1 aliphatic rings. The van der Waals surface area contributed by atoms with E-state index in [4.69, 9.17) is 5.26 Å². The van der Waals surface area contributed by atoms with Crippen molar-refractivity contribution in [1.82, 2.24) is 9.97 Å². The first-order valence-electron chi connectivity index (χ1n) is 10.6. The minimum Gasteiger partial charge on any atom is -0.393 e. The molecule has 174 valence electrons. The smallest absolute Gasteiger partial charge is 0.393 e. The molecule has 1 aliphatic carbocycles. The summed E-state index contributed by atoms with van der Waals surface area (Å²) in [6, 6.07) is 7.30. The molecule has 1 fully saturated rings. The number of benzene rings is 1. The largest absolute Gasteiger partial charge is 0.417 e. The van der Waals surface area contributed by atoms with E-state index in [0.29, 0.717) is 24.2 Å². The Labute approximate surface area is 190 Å². The second-order valence-corrected chi connectivity index (χ2v) is 8.86. The van der Waals surface area contributed by atoms with Crippen LogP contribution in [0.25, 0.3) is 0 Å². The number of anilines is 2. The van der Waals surface area contributed by atoms with Crippen LogP contribution < -0.4 is 10.6 Å². The molecule has 1 aromatic carbocycles. The maximum absolute atomic E-state index is 13.1. The lowest BCUT2D eigenvalue weighted by Crippen LogP contribution is -2.41. The van der Waals surface area contributed by atoms with Crippen molar-refractivity contribution in [3.8, 4) is 12.1 Å². The molecule has 1 aromatic heterocycles. The van der Waals surface area contributed by atoms with Crippen molar-refractivity contribution in [2.24, 2.45) is 5.41 Å². The molecule has 3 N–H and O–H groups in total. The van der Waals surface area contributed by atoms with E-state index in [-0.39, 0.29) is 42.0 Å². The van der Waals surface area contributed by atoms with Gasteiger partial charge in [0.2, 0.25) is 5.95 Å². The zero-order valence-corrected chi connectivity index (χ0v) is 18.4. The summed E-state index contributed by atoms with van der Waals surface area (Å²) in [5, 5.41) is 34.7. The van der Waals surface area contributed by atoms with Crippen LogP contribution in [0.1, 0.15) is 55.4 Å². The van der Waals surface area contributed by atoms with Gasteiger partial charge < -0.3 is 15.7 Å². The van der Waals surface area contributed by atoms with Crippen LogP contribution in [0.3, 0.4) is 0 Å². The normalized spacial score (nSPS) is 19.9. The molecule has 10 heteroatoms. The van der Waals surface area contributed by atoms with E-state index >= 15 is 0 Å². The molecule has 1 saturated carbocycles. The fourth-order valence-corrected chi connectivity index (χ4v) is 4.00. The Hall–Kier alpha value is -3.37. The standard InChI is InChI=1S/C23H25F3N6O/c1-22(2)10-17(5-6-19(22)33)31-20-16(12-28)13-30-21(32-20)29-8-7-14-3-4-15(11-27)18(9-14)23(24,25)26/h3-4,9,13,17,19,33H,5-8,10H2,1-2H3,(H2,29,30,31,32)/t17-,19+/m1/s1. The van der Waals surface area contributed by atoms with Crippen molar-refractivity contribution in [3.63, 3.8) is 0 Å². The fraction of sp³-hybridized carbons (Fsp3) is 0.478. The van der Waals surface area contributed by atoms with Crippen LogP contribution in [0, 0.1) is 28.1 Å². The highest BCUT2D eigenvalue weighted by Crippen LogP contribution is 2.37. The Bertz CT molecular complexity index is 1090. The molecule has 33 heavy (non-hydrogen) atoms. The van der Waals surface area contributed by atoms with Crippen molar-refractivity contribution in [3.05, 3.63) is 46.6 Å². The summed E-state index contributed by atoms with van der Waals surface area (Å²) in [4.78, 5) is 8.49. The number of rotatable bonds is 6. The van der Waals surface area contributed by atoms with Crippen LogP contribution in [0.2, 0.25) is 0 Å². The number of hydrogen-bond donors (Lipinski definition) is 3. The number of nitriles is 2. The van der Waals surface area contributed by atoms with Crippen molar-refractivity contribution in [2.45, 2.75) is 57.9 Å². The predicted octanol–water partition coefficient (Wildman–Crippen LogP) is 4.24. The number of nitrogens with one attached hydrogen (secondary N) is 2. The highest BCUT2D eigenvalue weighted by Gasteiger charge is 2.36. The summed E-state index contributed by atoms with van der Waals surface area (Å²) < 4.78 is 39.4. The molecule has 1 heterocycles. The lowest BCUT2D eigenvalue weighted by molar-refractivity contribution is -0.137. The molecule has 3 rings (SSSR count). The molecule has 0 aliphatic heterocycles. The Morgan fingerprint density at radius 3 is 2.55 bits per heavy atom. The molecular weight excluding hydrogens is 433 g/mol. The number of aromatic nitrogens is 2. The minimum atomic E-state index is -4.60. The third kappa shape index (κ3) is 5.91. The summed E-state index contributed by atoms with van der Waals surface area (Å²) in [6.45, 7) is 4.26. The lowest BCUT2D eigenvalue weighted by Gasteiger charge is -2.40. The van der Waals surface area contributed by atoms with E-state index in [1.807, 2.05) is 13.8 Å². The van der Waals surface area contributed by atoms with Gasteiger partial charge in [-0.2, -0.15) is 28.7 Å². The molecule has 2 aromatic rings. The highest BCUT2D eigenvalue weighted by atomic mass is 19.4. The van der Waals surface area contributed by atoms with Crippen LogP contribution in [0.5, 0.6) is 0 Å². The Morgan fingerprint density at radius 2 is 1.91 bits per heavy atom. The molecule has 0 saturated heterocycles. The van der Waals surface area contributed by atoms with E-state index in [2.05, 4.69) is 26.7 Å². The van der Waals surface area contributed by atoms with Crippen molar-refractivity contribution < 1.29 is 18.3 Å². The first kappa shape index (κ1) is 24.3. The first-order valence-corrected chi connectivity index (χ1v) is 10.6. The third-order valence-corrected chi connectivity index (χ3v) is 5.92. The van der Waals surface area contributed by atoms with Crippen LogP contribution in [0.15, 0.2) is 24.4 Å². The molecule has 2 atom stereocenters. The van der Waals surface area contributed by atoms with Gasteiger partial charge in [0.15, 0.2) is 0 Å². The summed E-state index contributed by atoms with van der Waals surface area (Å²) >= 11 is 0. The van der Waals surface area contributed by atoms with Crippen molar-refractivity contribution >= 4 is 11.8 Å². The van der Waals surface area contributed by atoms with Gasteiger partial charge in [-0.1, -0.05) is 19.9 Å². The Morgan fingerprint density at radius 1 is 1.18 bits per heavy atom. The number of alkyl halides is 3. The number of hydrogen-bond acceptors (Lipinski definition) is 7. The van der Waals surface area contributed by atoms with Gasteiger partial charge in [-0.25, -0.2) is 4.98 Å². The molecule has 0 bridgehead atoms. The zero-order chi connectivity index (χ0) is 24.2. The second kappa shape index (κ2) is 9.63. The average molecular weight is 458 g/mol. The van der Waals surface area contributed by atoms with Crippen molar-refractivity contribution in [2.75, 3.05) is 17.2 Å². The van der Waals surface area contributed by atoms with Crippen LogP contribution in [0.4, 0.5) is 24.9 Å². The van der Waals surface area contributed by atoms with E-state index in [1.165, 1.54) is 18.3 Å². The number of aliphatic hydroxyl groups is 1. The number of aliphatic hydroxyl groups excluding tert-OH is 1. The molecular formula is C23H25F3N6O. The lowest BCUT2D eigenvalue weighted by atomic mass is 9.73. The van der Waals surface area contributed by atoms with Gasteiger partial charge in [-0.3, -0.25) is 0 Å². The van der Waals surface area contributed by atoms with Gasteiger partial charge in [-0.15, -0.1) is 0 Å². The van der Waals surface area contributed by atoms with Crippen molar-refractivity contribution in [1.29, 1.82) is 10.5 Å². The Balaban J connectivity index is 1.67. The quantitative estimate of drug-likeness (QED) is 0.592. The predicted molar refractivity (Wildman–Crippen MR) is 116 cm³/mol. The first-order chi connectivity index (χ1) is 15.5. The molecule has 0 amide bonds. The van der Waals surface area contributed by atoms with Crippen LogP contribution >= 0.6 is 0 Å².